The van der Waals surface area contributed by atoms with Crippen molar-refractivity contribution in [3.8, 4) is 0 Å². The third-order valence-electron chi connectivity index (χ3n) is 4.58. The van der Waals surface area contributed by atoms with E-state index in [1.807, 2.05) is 0 Å². The van der Waals surface area contributed by atoms with Gasteiger partial charge in [0.2, 0.25) is 0 Å². The lowest BCUT2D eigenvalue weighted by atomic mass is 9.75. The average Bonchev–Trinajstić information content (AvgIpc) is 2.25. The van der Waals surface area contributed by atoms with Crippen molar-refractivity contribution in [1.29, 1.82) is 0 Å². The van der Waals surface area contributed by atoms with Gasteiger partial charge in [0.1, 0.15) is 0 Å². The van der Waals surface area contributed by atoms with Crippen molar-refractivity contribution in [2.75, 3.05) is 0 Å². The standard InChI is InChI=1S/C14H25Br/c1-11-2-4-12(5-3-11)10-13-6-8-14(15)9-7-13/h11-14H,2-10H2,1H3. The zero-order valence-electron chi connectivity index (χ0n) is 10.1. The van der Waals surface area contributed by atoms with Crippen LogP contribution in [0.4, 0.5) is 0 Å². The van der Waals surface area contributed by atoms with Crippen molar-refractivity contribution in [2.45, 2.75) is 69.5 Å². The molecule has 88 valence electrons. The molecule has 0 aromatic heterocycles. The molecule has 0 spiro atoms. The van der Waals surface area contributed by atoms with E-state index in [-0.39, 0.29) is 0 Å². The van der Waals surface area contributed by atoms with E-state index in [9.17, 15) is 0 Å². The highest BCUT2D eigenvalue weighted by Gasteiger charge is 2.24. The van der Waals surface area contributed by atoms with Crippen molar-refractivity contribution >= 4 is 15.9 Å². The van der Waals surface area contributed by atoms with E-state index in [0.717, 1.165) is 22.6 Å². The third-order valence-corrected chi connectivity index (χ3v) is 5.49. The maximum atomic E-state index is 3.75. The molecule has 0 aromatic rings. The molecule has 2 fully saturated rings. The summed E-state index contributed by atoms with van der Waals surface area (Å²) in [6, 6.07) is 0. The van der Waals surface area contributed by atoms with Crippen LogP contribution in [-0.4, -0.2) is 4.83 Å². The summed E-state index contributed by atoms with van der Waals surface area (Å²) in [5, 5.41) is 0. The first kappa shape index (κ1) is 12.0. The van der Waals surface area contributed by atoms with Gasteiger partial charge in [-0.05, 0) is 49.9 Å². The van der Waals surface area contributed by atoms with Gasteiger partial charge in [0.25, 0.3) is 0 Å². The molecule has 1 heteroatoms. The molecule has 15 heavy (non-hydrogen) atoms. The predicted molar refractivity (Wildman–Crippen MR) is 70.4 cm³/mol. The molecule has 0 heterocycles. The fourth-order valence-corrected chi connectivity index (χ4v) is 3.92. The Hall–Kier alpha value is 0.480. The van der Waals surface area contributed by atoms with E-state index in [1.165, 1.54) is 51.4 Å². The second-order valence-electron chi connectivity index (χ2n) is 5.98. The van der Waals surface area contributed by atoms with Crippen LogP contribution in [0.15, 0.2) is 0 Å². The Morgan fingerprint density at radius 3 is 1.80 bits per heavy atom. The molecule has 0 saturated heterocycles. The Labute approximate surface area is 103 Å². The van der Waals surface area contributed by atoms with Crippen molar-refractivity contribution in [3.63, 3.8) is 0 Å². The normalized spacial score (nSPS) is 42.8. The largest absolute Gasteiger partial charge is 0.0891 e. The molecule has 2 aliphatic carbocycles. The van der Waals surface area contributed by atoms with Crippen LogP contribution >= 0.6 is 15.9 Å². The number of hydrogen-bond donors (Lipinski definition) is 0. The first-order valence-corrected chi connectivity index (χ1v) is 7.79. The van der Waals surface area contributed by atoms with Crippen molar-refractivity contribution < 1.29 is 0 Å². The molecule has 2 aliphatic rings. The van der Waals surface area contributed by atoms with Crippen LogP contribution in [0.2, 0.25) is 0 Å². The summed E-state index contributed by atoms with van der Waals surface area (Å²) < 4.78 is 0. The molecule has 0 N–H and O–H groups in total. The fraction of sp³-hybridized carbons (Fsp3) is 1.00. The zero-order valence-corrected chi connectivity index (χ0v) is 11.6. The van der Waals surface area contributed by atoms with E-state index in [4.69, 9.17) is 0 Å². The van der Waals surface area contributed by atoms with Crippen LogP contribution in [0.3, 0.4) is 0 Å². The lowest BCUT2D eigenvalue weighted by molar-refractivity contribution is 0.220. The minimum Gasteiger partial charge on any atom is -0.0891 e. The van der Waals surface area contributed by atoms with Gasteiger partial charge in [-0.3, -0.25) is 0 Å². The van der Waals surface area contributed by atoms with Gasteiger partial charge in [0.05, 0.1) is 0 Å². The number of rotatable bonds is 2. The Morgan fingerprint density at radius 1 is 0.800 bits per heavy atom. The molecule has 2 saturated carbocycles. The highest BCUT2D eigenvalue weighted by molar-refractivity contribution is 9.09. The summed E-state index contributed by atoms with van der Waals surface area (Å²) in [5.41, 5.74) is 0. The van der Waals surface area contributed by atoms with Crippen LogP contribution in [0.25, 0.3) is 0 Å². The Kier molecular flexibility index (Phi) is 4.54. The Morgan fingerprint density at radius 2 is 1.27 bits per heavy atom. The summed E-state index contributed by atoms with van der Waals surface area (Å²) in [4.78, 5) is 0.833. The maximum absolute atomic E-state index is 3.75. The fourth-order valence-electron chi connectivity index (χ4n) is 3.39. The van der Waals surface area contributed by atoms with E-state index >= 15 is 0 Å². The van der Waals surface area contributed by atoms with Crippen molar-refractivity contribution in [3.05, 3.63) is 0 Å². The first-order chi connectivity index (χ1) is 7.24. The molecule has 0 bridgehead atoms. The van der Waals surface area contributed by atoms with Gasteiger partial charge < -0.3 is 0 Å². The van der Waals surface area contributed by atoms with Gasteiger partial charge in [-0.25, -0.2) is 0 Å². The van der Waals surface area contributed by atoms with Crippen LogP contribution in [0.1, 0.15) is 64.7 Å². The second-order valence-corrected chi connectivity index (χ2v) is 7.27. The molecule has 2 rings (SSSR count). The van der Waals surface area contributed by atoms with Crippen molar-refractivity contribution in [1.82, 2.24) is 0 Å². The van der Waals surface area contributed by atoms with E-state index in [2.05, 4.69) is 22.9 Å². The highest BCUT2D eigenvalue weighted by Crippen LogP contribution is 2.37. The lowest BCUT2D eigenvalue weighted by Gasteiger charge is -2.32. The SMILES string of the molecule is CC1CCC(CC2CCC(Br)CC2)CC1. The van der Waals surface area contributed by atoms with Crippen LogP contribution < -0.4 is 0 Å². The minimum absolute atomic E-state index is 0.833. The summed E-state index contributed by atoms with van der Waals surface area (Å²) in [7, 11) is 0. The van der Waals surface area contributed by atoms with Gasteiger partial charge in [-0.15, -0.1) is 0 Å². The van der Waals surface area contributed by atoms with Crippen LogP contribution in [0, 0.1) is 17.8 Å². The molecule has 0 atom stereocenters. The summed E-state index contributed by atoms with van der Waals surface area (Å²) in [5.74, 6) is 3.16. The van der Waals surface area contributed by atoms with Gasteiger partial charge >= 0.3 is 0 Å². The molecule has 0 aliphatic heterocycles. The highest BCUT2D eigenvalue weighted by atomic mass is 79.9. The topological polar surface area (TPSA) is 0 Å². The Balaban J connectivity index is 1.68. The predicted octanol–water partition coefficient (Wildman–Crippen LogP) is 5.16. The second kappa shape index (κ2) is 5.70. The van der Waals surface area contributed by atoms with Gasteiger partial charge in [0.15, 0.2) is 0 Å². The Bertz CT molecular complexity index is 154. The smallest absolute Gasteiger partial charge is 0.0146 e. The van der Waals surface area contributed by atoms with E-state index < -0.39 is 0 Å². The van der Waals surface area contributed by atoms with Crippen molar-refractivity contribution in [2.24, 2.45) is 17.8 Å². The quantitative estimate of drug-likeness (QED) is 0.610. The molecular weight excluding hydrogens is 248 g/mol. The molecule has 0 amide bonds. The molecule has 0 aromatic carbocycles. The monoisotopic (exact) mass is 272 g/mol. The van der Waals surface area contributed by atoms with Gasteiger partial charge in [0, 0.05) is 4.83 Å². The third kappa shape index (κ3) is 3.76. The number of hydrogen-bond acceptors (Lipinski definition) is 0. The van der Waals surface area contributed by atoms with Crippen LogP contribution in [0.5, 0.6) is 0 Å². The molecule has 0 unspecified atom stereocenters. The lowest BCUT2D eigenvalue weighted by Crippen LogP contribution is -2.20. The molecular formula is C14H25Br. The van der Waals surface area contributed by atoms with E-state index in [1.54, 1.807) is 6.42 Å². The zero-order chi connectivity index (χ0) is 10.7. The minimum atomic E-state index is 0.833. The molecule has 0 radical (unpaired) electrons. The van der Waals surface area contributed by atoms with E-state index in [0.29, 0.717) is 0 Å². The maximum Gasteiger partial charge on any atom is 0.0146 e. The number of alkyl halides is 1. The summed E-state index contributed by atoms with van der Waals surface area (Å²) >= 11 is 3.75. The van der Waals surface area contributed by atoms with Gasteiger partial charge in [-0.2, -0.15) is 0 Å². The first-order valence-electron chi connectivity index (χ1n) is 6.88. The summed E-state index contributed by atoms with van der Waals surface area (Å²) in [6.07, 6.45) is 13.4. The van der Waals surface area contributed by atoms with Crippen LogP contribution in [-0.2, 0) is 0 Å². The summed E-state index contributed by atoms with van der Waals surface area (Å²) in [6.45, 7) is 2.42. The van der Waals surface area contributed by atoms with Gasteiger partial charge in [-0.1, -0.05) is 48.5 Å². The average molecular weight is 273 g/mol. The molecule has 0 nitrogen and oxygen atoms in total. The number of halogens is 1.